The second-order valence-corrected chi connectivity index (χ2v) is 7.71. The Bertz CT molecular complexity index is 687. The molecule has 1 N–H and O–H groups in total. The highest BCUT2D eigenvalue weighted by Crippen LogP contribution is 2.37. The molecule has 0 radical (unpaired) electrons. The Morgan fingerprint density at radius 1 is 1.52 bits per heavy atom. The second kappa shape index (κ2) is 5.57. The van der Waals surface area contributed by atoms with E-state index in [1.165, 1.54) is 0 Å². The van der Waals surface area contributed by atoms with Gasteiger partial charge in [0.05, 0.1) is 16.7 Å². The minimum Gasteiger partial charge on any atom is -0.343 e. The maximum atomic E-state index is 12.5. The molecule has 1 aliphatic rings. The number of rotatable bonds is 4. The van der Waals surface area contributed by atoms with E-state index in [9.17, 15) is 4.79 Å². The first kappa shape index (κ1) is 14.8. The first-order valence-corrected chi connectivity index (χ1v) is 8.69. The monoisotopic (exact) mass is 367 g/mol. The van der Waals surface area contributed by atoms with Crippen LogP contribution in [0.2, 0.25) is 0 Å². The summed E-state index contributed by atoms with van der Waals surface area (Å²) in [5.41, 5.74) is 1.74. The average molecular weight is 368 g/mol. The number of hydrogen-bond donors (Lipinski definition) is 1. The highest BCUT2D eigenvalue weighted by Gasteiger charge is 2.28. The van der Waals surface area contributed by atoms with Crippen molar-refractivity contribution in [2.24, 2.45) is 0 Å². The molecule has 1 fully saturated rings. The molecule has 1 amide bonds. The van der Waals surface area contributed by atoms with Gasteiger partial charge in [-0.2, -0.15) is 0 Å². The van der Waals surface area contributed by atoms with E-state index < -0.39 is 0 Å². The highest BCUT2D eigenvalue weighted by molar-refractivity contribution is 9.10. The predicted octanol–water partition coefficient (Wildman–Crippen LogP) is 4.15. The zero-order valence-corrected chi connectivity index (χ0v) is 14.7. The third-order valence-electron chi connectivity index (χ3n) is 3.67. The molecule has 4 nitrogen and oxygen atoms in total. The molecule has 1 atom stereocenters. The fraction of sp³-hybridized carbons (Fsp3) is 0.467. The molecule has 3 rings (SSSR count). The number of amides is 1. The third kappa shape index (κ3) is 3.06. The summed E-state index contributed by atoms with van der Waals surface area (Å²) >= 11 is 5.11. The van der Waals surface area contributed by atoms with Gasteiger partial charge in [-0.15, -0.1) is 11.3 Å². The zero-order chi connectivity index (χ0) is 15.1. The van der Waals surface area contributed by atoms with Crippen LogP contribution in [0.1, 0.15) is 57.9 Å². The van der Waals surface area contributed by atoms with Gasteiger partial charge in [-0.1, -0.05) is 0 Å². The molecule has 0 aliphatic heterocycles. The summed E-state index contributed by atoms with van der Waals surface area (Å²) in [4.78, 5) is 18.1. The van der Waals surface area contributed by atoms with Gasteiger partial charge in [0.1, 0.15) is 5.69 Å². The largest absolute Gasteiger partial charge is 0.343 e. The molecule has 21 heavy (non-hydrogen) atoms. The maximum Gasteiger partial charge on any atom is 0.268 e. The van der Waals surface area contributed by atoms with E-state index in [4.69, 9.17) is 0 Å². The van der Waals surface area contributed by atoms with Gasteiger partial charge in [0, 0.05) is 21.6 Å². The fourth-order valence-corrected chi connectivity index (χ4v) is 3.93. The molecule has 0 bridgehead atoms. The van der Waals surface area contributed by atoms with Crippen LogP contribution in [0.5, 0.6) is 0 Å². The van der Waals surface area contributed by atoms with Crippen molar-refractivity contribution in [1.82, 2.24) is 14.9 Å². The van der Waals surface area contributed by atoms with Crippen molar-refractivity contribution in [3.63, 3.8) is 0 Å². The highest BCUT2D eigenvalue weighted by atomic mass is 79.9. The van der Waals surface area contributed by atoms with Gasteiger partial charge in [-0.3, -0.25) is 4.79 Å². The molecule has 6 heteroatoms. The molecule has 1 aliphatic carbocycles. The molecule has 2 heterocycles. The van der Waals surface area contributed by atoms with Gasteiger partial charge >= 0.3 is 0 Å². The summed E-state index contributed by atoms with van der Waals surface area (Å²) in [6.07, 6.45) is 4.31. The lowest BCUT2D eigenvalue weighted by atomic mass is 10.2. The zero-order valence-electron chi connectivity index (χ0n) is 12.3. The Labute approximate surface area is 136 Å². The Kier molecular flexibility index (Phi) is 3.92. The van der Waals surface area contributed by atoms with Crippen LogP contribution in [0, 0.1) is 13.8 Å². The number of aryl methyl sites for hydroxylation is 2. The summed E-state index contributed by atoms with van der Waals surface area (Å²) in [5.74, 6) is -0.0226. The Morgan fingerprint density at radius 3 is 2.81 bits per heavy atom. The van der Waals surface area contributed by atoms with Crippen LogP contribution < -0.4 is 5.32 Å². The predicted molar refractivity (Wildman–Crippen MR) is 87.9 cm³/mol. The maximum absolute atomic E-state index is 12.5. The molecule has 0 saturated heterocycles. The van der Waals surface area contributed by atoms with Gasteiger partial charge < -0.3 is 9.88 Å². The molecule has 0 spiro atoms. The number of halogens is 1. The number of nitrogens with zero attached hydrogens (tertiary/aromatic N) is 2. The molecular formula is C15H18BrN3OS. The van der Waals surface area contributed by atoms with E-state index in [0.717, 1.165) is 38.6 Å². The Morgan fingerprint density at radius 2 is 2.24 bits per heavy atom. The minimum absolute atomic E-state index is 0.0226. The number of thiazole rings is 1. The number of hydrogen-bond acceptors (Lipinski definition) is 3. The summed E-state index contributed by atoms with van der Waals surface area (Å²) < 4.78 is 3.04. The van der Waals surface area contributed by atoms with E-state index in [0.29, 0.717) is 6.04 Å². The topological polar surface area (TPSA) is 46.9 Å². The molecule has 0 aromatic carbocycles. The van der Waals surface area contributed by atoms with Crippen molar-refractivity contribution in [2.75, 3.05) is 0 Å². The Balaban J connectivity index is 1.78. The standard InChI is InChI=1S/C15H18BrN3OS/c1-8-14(21-10(3)17-8)9(2)18-15(20)13-6-11(16)7-19(13)12-4-5-12/h6-7,9,12H,4-5H2,1-3H3,(H,18,20). The summed E-state index contributed by atoms with van der Waals surface area (Å²) in [7, 11) is 0. The molecule has 112 valence electrons. The van der Waals surface area contributed by atoms with Crippen LogP contribution in [-0.4, -0.2) is 15.5 Å². The van der Waals surface area contributed by atoms with E-state index in [-0.39, 0.29) is 11.9 Å². The van der Waals surface area contributed by atoms with E-state index >= 15 is 0 Å². The number of carbonyl (C=O) groups excluding carboxylic acids is 1. The van der Waals surface area contributed by atoms with Crippen LogP contribution in [-0.2, 0) is 0 Å². The number of carbonyl (C=O) groups is 1. The summed E-state index contributed by atoms with van der Waals surface area (Å²) in [6, 6.07) is 2.36. The smallest absolute Gasteiger partial charge is 0.268 e. The average Bonchev–Trinajstić information content (AvgIpc) is 3.09. The Hall–Kier alpha value is -1.14. The quantitative estimate of drug-likeness (QED) is 0.881. The van der Waals surface area contributed by atoms with Gasteiger partial charge in [0.2, 0.25) is 0 Å². The minimum atomic E-state index is -0.0231. The van der Waals surface area contributed by atoms with Gasteiger partial charge in [0.15, 0.2) is 0 Å². The lowest BCUT2D eigenvalue weighted by Crippen LogP contribution is -2.28. The lowest BCUT2D eigenvalue weighted by molar-refractivity contribution is 0.0931. The van der Waals surface area contributed by atoms with Crippen molar-refractivity contribution in [3.8, 4) is 0 Å². The van der Waals surface area contributed by atoms with Crippen LogP contribution in [0.3, 0.4) is 0 Å². The fourth-order valence-electron chi connectivity index (χ4n) is 2.57. The molecule has 2 aromatic heterocycles. The lowest BCUT2D eigenvalue weighted by Gasteiger charge is -2.14. The van der Waals surface area contributed by atoms with Crippen molar-refractivity contribution in [2.45, 2.75) is 45.7 Å². The summed E-state index contributed by atoms with van der Waals surface area (Å²) in [5, 5.41) is 4.13. The molecule has 2 aromatic rings. The van der Waals surface area contributed by atoms with Gasteiger partial charge in [-0.05, 0) is 55.6 Å². The summed E-state index contributed by atoms with van der Waals surface area (Å²) in [6.45, 7) is 5.99. The van der Waals surface area contributed by atoms with E-state index in [1.54, 1.807) is 11.3 Å². The molecular weight excluding hydrogens is 350 g/mol. The van der Waals surface area contributed by atoms with Crippen molar-refractivity contribution < 1.29 is 4.79 Å². The first-order valence-electron chi connectivity index (χ1n) is 7.08. The SMILES string of the molecule is Cc1nc(C)c(C(C)NC(=O)c2cc(Br)cn2C2CC2)s1. The molecule has 1 saturated carbocycles. The van der Waals surface area contributed by atoms with Gasteiger partial charge in [-0.25, -0.2) is 4.98 Å². The van der Waals surface area contributed by atoms with E-state index in [1.807, 2.05) is 33.0 Å². The van der Waals surface area contributed by atoms with E-state index in [2.05, 4.69) is 30.8 Å². The van der Waals surface area contributed by atoms with Crippen molar-refractivity contribution in [3.05, 3.63) is 38.0 Å². The van der Waals surface area contributed by atoms with Gasteiger partial charge in [0.25, 0.3) is 5.91 Å². The third-order valence-corrected chi connectivity index (χ3v) is 5.36. The first-order chi connectivity index (χ1) is 9.95. The second-order valence-electron chi connectivity index (χ2n) is 5.56. The van der Waals surface area contributed by atoms with Crippen LogP contribution in [0.4, 0.5) is 0 Å². The molecule has 1 unspecified atom stereocenters. The normalized spacial score (nSPS) is 16.0. The van der Waals surface area contributed by atoms with Crippen molar-refractivity contribution in [1.29, 1.82) is 0 Å². The van der Waals surface area contributed by atoms with Crippen LogP contribution >= 0.6 is 27.3 Å². The van der Waals surface area contributed by atoms with Crippen LogP contribution in [0.15, 0.2) is 16.7 Å². The van der Waals surface area contributed by atoms with Crippen molar-refractivity contribution >= 4 is 33.2 Å². The van der Waals surface area contributed by atoms with Crippen LogP contribution in [0.25, 0.3) is 0 Å². The number of nitrogens with one attached hydrogen (secondary N) is 1. The number of aromatic nitrogens is 2.